The third kappa shape index (κ3) is 3.24. The maximum absolute atomic E-state index is 14.2. The van der Waals surface area contributed by atoms with E-state index in [1.165, 1.54) is 11.0 Å². The summed E-state index contributed by atoms with van der Waals surface area (Å²) in [5.74, 6) is 0.498. The van der Waals surface area contributed by atoms with Gasteiger partial charge in [-0.2, -0.15) is 18.2 Å². The van der Waals surface area contributed by atoms with Crippen LogP contribution in [0, 0.1) is 0 Å². The van der Waals surface area contributed by atoms with Crippen LogP contribution in [0.5, 0.6) is 0 Å². The van der Waals surface area contributed by atoms with Gasteiger partial charge < -0.3 is 20.3 Å². The Labute approximate surface area is 177 Å². The molecule has 0 aliphatic carbocycles. The van der Waals surface area contributed by atoms with Crippen LogP contribution in [0.2, 0.25) is 0 Å². The summed E-state index contributed by atoms with van der Waals surface area (Å²) in [4.78, 5) is 20.6. The van der Waals surface area contributed by atoms with Crippen molar-refractivity contribution in [1.29, 1.82) is 0 Å². The zero-order valence-corrected chi connectivity index (χ0v) is 17.1. The minimum absolute atomic E-state index is 0.0708. The van der Waals surface area contributed by atoms with Crippen molar-refractivity contribution in [2.75, 3.05) is 35.2 Å². The van der Waals surface area contributed by atoms with E-state index in [9.17, 15) is 18.0 Å². The zero-order chi connectivity index (χ0) is 22.0. The fourth-order valence-electron chi connectivity index (χ4n) is 4.79. The topological polar surface area (TPSA) is 76.6 Å². The lowest BCUT2D eigenvalue weighted by Gasteiger charge is -2.37. The number of hydrogen-bond acceptors (Lipinski definition) is 6. The molecule has 0 saturated carbocycles. The van der Waals surface area contributed by atoms with Crippen LogP contribution in [-0.4, -0.2) is 53.1 Å². The van der Waals surface area contributed by atoms with E-state index in [4.69, 9.17) is 10.5 Å². The summed E-state index contributed by atoms with van der Waals surface area (Å²) in [6.45, 7) is 1.88. The van der Waals surface area contributed by atoms with Crippen molar-refractivity contribution in [2.24, 2.45) is 0 Å². The molecule has 1 aromatic carbocycles. The van der Waals surface area contributed by atoms with Gasteiger partial charge in [-0.05, 0) is 37.5 Å². The van der Waals surface area contributed by atoms with E-state index in [2.05, 4.69) is 4.98 Å². The fraction of sp³-hybridized carbons (Fsp3) is 0.524. The Balaban J connectivity index is 1.51. The number of halogens is 3. The molecule has 3 unspecified atom stereocenters. The number of nitrogens with two attached hydrogens (primary N) is 1. The Morgan fingerprint density at radius 2 is 2.03 bits per heavy atom. The predicted octanol–water partition coefficient (Wildman–Crippen LogP) is 2.19. The molecule has 2 N–H and O–H groups in total. The van der Waals surface area contributed by atoms with Gasteiger partial charge in [0.15, 0.2) is 5.54 Å². The lowest BCUT2D eigenvalue weighted by atomic mass is 10.00. The fourth-order valence-corrected chi connectivity index (χ4v) is 4.79. The predicted molar refractivity (Wildman–Crippen MR) is 110 cm³/mol. The average molecular weight is 435 g/mol. The number of morpholine rings is 1. The molecular weight excluding hydrogens is 411 g/mol. The van der Waals surface area contributed by atoms with Gasteiger partial charge in [0.25, 0.3) is 5.56 Å². The van der Waals surface area contributed by atoms with E-state index >= 15 is 0 Å². The van der Waals surface area contributed by atoms with Gasteiger partial charge >= 0.3 is 6.18 Å². The van der Waals surface area contributed by atoms with Gasteiger partial charge in [0.05, 0.1) is 25.3 Å². The molecule has 7 nitrogen and oxygen atoms in total. The van der Waals surface area contributed by atoms with Crippen molar-refractivity contribution in [3.63, 3.8) is 0 Å². The highest BCUT2D eigenvalue weighted by Crippen LogP contribution is 2.43. The lowest BCUT2D eigenvalue weighted by Crippen LogP contribution is -2.56. The molecular formula is C21H24F3N5O2. The molecule has 2 aromatic rings. The Bertz CT molecular complexity index is 1050. The molecule has 3 aliphatic heterocycles. The number of benzene rings is 1. The Morgan fingerprint density at radius 1 is 1.29 bits per heavy atom. The van der Waals surface area contributed by atoms with Crippen LogP contribution in [0.15, 0.2) is 35.1 Å². The summed E-state index contributed by atoms with van der Waals surface area (Å²) in [6.07, 6.45) is -3.23. The normalized spacial score (nSPS) is 27.2. The zero-order valence-electron chi connectivity index (χ0n) is 17.1. The number of aromatic nitrogens is 2. The van der Waals surface area contributed by atoms with Crippen LogP contribution in [0.4, 0.5) is 30.6 Å². The summed E-state index contributed by atoms with van der Waals surface area (Å²) in [5.41, 5.74) is 4.49. The highest BCUT2D eigenvalue weighted by atomic mass is 19.4. The van der Waals surface area contributed by atoms with E-state index in [0.717, 1.165) is 23.5 Å². The number of ether oxygens (including phenoxy) is 1. The molecule has 0 spiro atoms. The standard InChI is InChI=1S/C21H24F3N5O2/c1-20(21(22,23)24)12-28-18(30)9-17(27-10-16-8-15(27)11-31-16)26-19(28)29(20)7-6-13-2-4-14(25)5-3-13/h2-5,9,15-16H,6-8,10-12,25H2,1H3. The average Bonchev–Trinajstić information content (AvgIpc) is 3.41. The van der Waals surface area contributed by atoms with Crippen molar-refractivity contribution in [2.45, 2.75) is 50.2 Å². The molecule has 4 heterocycles. The number of nitrogens with zero attached hydrogens (tertiary/aromatic N) is 4. The largest absolute Gasteiger partial charge is 0.413 e. The maximum Gasteiger partial charge on any atom is 0.413 e. The van der Waals surface area contributed by atoms with Crippen molar-refractivity contribution in [3.8, 4) is 0 Å². The highest BCUT2D eigenvalue weighted by molar-refractivity contribution is 5.51. The first kappa shape index (κ1) is 20.2. The van der Waals surface area contributed by atoms with Crippen molar-refractivity contribution in [1.82, 2.24) is 9.55 Å². The summed E-state index contributed by atoms with van der Waals surface area (Å²) in [5, 5.41) is 0. The minimum atomic E-state index is -4.53. The van der Waals surface area contributed by atoms with Gasteiger partial charge in [0.2, 0.25) is 5.95 Å². The summed E-state index contributed by atoms with van der Waals surface area (Å²) in [6, 6.07) is 8.51. The Morgan fingerprint density at radius 3 is 2.65 bits per heavy atom. The minimum Gasteiger partial charge on any atom is -0.399 e. The summed E-state index contributed by atoms with van der Waals surface area (Å²) in [7, 11) is 0. The smallest absolute Gasteiger partial charge is 0.399 e. The van der Waals surface area contributed by atoms with Gasteiger partial charge in [-0.15, -0.1) is 0 Å². The molecule has 2 bridgehead atoms. The van der Waals surface area contributed by atoms with Crippen molar-refractivity contribution < 1.29 is 17.9 Å². The number of anilines is 3. The van der Waals surface area contributed by atoms with E-state index in [-0.39, 0.29) is 24.6 Å². The maximum atomic E-state index is 14.2. The molecule has 2 saturated heterocycles. The molecule has 5 rings (SSSR count). The van der Waals surface area contributed by atoms with Crippen LogP contribution < -0.4 is 21.1 Å². The van der Waals surface area contributed by atoms with Crippen LogP contribution in [0.1, 0.15) is 18.9 Å². The van der Waals surface area contributed by atoms with Gasteiger partial charge in [-0.25, -0.2) is 0 Å². The van der Waals surface area contributed by atoms with E-state index < -0.39 is 23.8 Å². The molecule has 2 fully saturated rings. The first-order valence-electron chi connectivity index (χ1n) is 10.3. The molecule has 3 atom stereocenters. The molecule has 0 radical (unpaired) electrons. The van der Waals surface area contributed by atoms with Crippen molar-refractivity contribution in [3.05, 3.63) is 46.2 Å². The monoisotopic (exact) mass is 435 g/mol. The molecule has 10 heteroatoms. The molecule has 0 amide bonds. The summed E-state index contributed by atoms with van der Waals surface area (Å²) < 4.78 is 49.2. The molecule has 1 aromatic heterocycles. The first-order valence-corrected chi connectivity index (χ1v) is 10.3. The third-order valence-corrected chi connectivity index (χ3v) is 6.69. The quantitative estimate of drug-likeness (QED) is 0.742. The lowest BCUT2D eigenvalue weighted by molar-refractivity contribution is -0.182. The second-order valence-corrected chi connectivity index (χ2v) is 8.75. The second-order valence-electron chi connectivity index (χ2n) is 8.75. The van der Waals surface area contributed by atoms with Gasteiger partial charge in [0.1, 0.15) is 5.82 Å². The number of rotatable bonds is 4. The van der Waals surface area contributed by atoms with Crippen molar-refractivity contribution >= 4 is 17.5 Å². The number of alkyl halides is 3. The number of nitrogen functional groups attached to an aromatic ring is 1. The van der Waals surface area contributed by atoms with Crippen LogP contribution in [-0.2, 0) is 17.7 Å². The van der Waals surface area contributed by atoms with E-state index in [1.54, 1.807) is 24.3 Å². The Kier molecular flexibility index (Phi) is 4.47. The number of hydrogen-bond donors (Lipinski definition) is 1. The number of fused-ring (bicyclic) bond motifs is 3. The summed E-state index contributed by atoms with van der Waals surface area (Å²) >= 11 is 0. The van der Waals surface area contributed by atoms with Gasteiger partial charge in [-0.1, -0.05) is 12.1 Å². The van der Waals surface area contributed by atoms with Crippen LogP contribution in [0.25, 0.3) is 0 Å². The second kappa shape index (κ2) is 6.88. The SMILES string of the molecule is CC1(C(F)(F)F)Cn2c(nc(N3CC4CC3CO4)cc2=O)N1CCc1ccc(N)cc1. The van der Waals surface area contributed by atoms with Crippen LogP contribution >= 0.6 is 0 Å². The van der Waals surface area contributed by atoms with E-state index in [1.807, 2.05) is 4.90 Å². The van der Waals surface area contributed by atoms with E-state index in [0.29, 0.717) is 31.1 Å². The Hall–Kier alpha value is -2.75. The highest BCUT2D eigenvalue weighted by Gasteiger charge is 2.59. The van der Waals surface area contributed by atoms with Gasteiger partial charge in [0, 0.05) is 24.8 Å². The molecule has 3 aliphatic rings. The van der Waals surface area contributed by atoms with Gasteiger partial charge in [-0.3, -0.25) is 9.36 Å². The third-order valence-electron chi connectivity index (χ3n) is 6.69. The molecule has 31 heavy (non-hydrogen) atoms. The van der Waals surface area contributed by atoms with Crippen LogP contribution in [0.3, 0.4) is 0 Å². The molecule has 166 valence electrons. The first-order chi connectivity index (χ1) is 14.7.